The van der Waals surface area contributed by atoms with E-state index in [1.165, 1.54) is 18.2 Å². The van der Waals surface area contributed by atoms with E-state index in [0.29, 0.717) is 55.3 Å². The molecule has 1 aliphatic heterocycles. The summed E-state index contributed by atoms with van der Waals surface area (Å²) in [6.45, 7) is 2.53. The maximum Gasteiger partial charge on any atom is 0.416 e. The van der Waals surface area contributed by atoms with E-state index in [1.54, 1.807) is 24.7 Å². The molecule has 0 saturated carbocycles. The van der Waals surface area contributed by atoms with Gasteiger partial charge in [-0.15, -0.1) is 0 Å². The smallest absolute Gasteiger partial charge is 0.379 e. The Morgan fingerprint density at radius 2 is 1.72 bits per heavy atom. The van der Waals surface area contributed by atoms with Gasteiger partial charge in [-0.25, -0.2) is 9.37 Å². The molecule has 1 aliphatic rings. The first-order valence-electron chi connectivity index (χ1n) is 13.7. The van der Waals surface area contributed by atoms with Crippen molar-refractivity contribution in [3.05, 3.63) is 108 Å². The number of pyridine rings is 2. The molecule has 7 nitrogen and oxygen atoms in total. The van der Waals surface area contributed by atoms with Crippen LogP contribution in [0.2, 0.25) is 0 Å². The van der Waals surface area contributed by atoms with Gasteiger partial charge < -0.3 is 10.1 Å². The number of rotatable bonds is 7. The summed E-state index contributed by atoms with van der Waals surface area (Å²) in [5.74, 6) is -1.23. The molecule has 11 heteroatoms. The second kappa shape index (κ2) is 11.9. The average Bonchev–Trinajstić information content (AvgIpc) is 3.42. The van der Waals surface area contributed by atoms with Crippen molar-refractivity contribution in [3.63, 3.8) is 0 Å². The number of anilines is 1. The molecule has 1 fully saturated rings. The van der Waals surface area contributed by atoms with Crippen LogP contribution < -0.4 is 5.32 Å². The SMILES string of the molecule is O=C(Cc1ccc(-c2cnc3cc(-c4ccncc4)ccn23)cc1F)Nc1cc(CN2CCOCC2)cc(C(F)(F)F)c1. The van der Waals surface area contributed by atoms with Crippen molar-refractivity contribution in [2.24, 2.45) is 0 Å². The number of fused-ring (bicyclic) bond motifs is 1. The second-order valence-corrected chi connectivity index (χ2v) is 10.4. The Morgan fingerprint density at radius 3 is 2.47 bits per heavy atom. The van der Waals surface area contributed by atoms with Crippen molar-refractivity contribution < 1.29 is 27.1 Å². The topological polar surface area (TPSA) is 71.8 Å². The van der Waals surface area contributed by atoms with Gasteiger partial charge >= 0.3 is 6.18 Å². The first-order chi connectivity index (χ1) is 20.7. The highest BCUT2D eigenvalue weighted by atomic mass is 19.4. The molecule has 5 aromatic rings. The molecule has 1 amide bonds. The fraction of sp³-hybridized carbons (Fsp3) is 0.219. The molecule has 1 saturated heterocycles. The van der Waals surface area contributed by atoms with Gasteiger partial charge in [0.05, 0.1) is 37.1 Å². The van der Waals surface area contributed by atoms with E-state index in [1.807, 2.05) is 39.8 Å². The van der Waals surface area contributed by atoms with Crippen molar-refractivity contribution in [2.45, 2.75) is 19.1 Å². The fourth-order valence-corrected chi connectivity index (χ4v) is 5.18. The summed E-state index contributed by atoms with van der Waals surface area (Å²) in [5.41, 5.74) is 3.57. The van der Waals surface area contributed by atoms with Gasteiger partial charge in [-0.1, -0.05) is 12.1 Å². The molecule has 4 heterocycles. The summed E-state index contributed by atoms with van der Waals surface area (Å²) in [6.07, 6.45) is 2.00. The summed E-state index contributed by atoms with van der Waals surface area (Å²) in [4.78, 5) is 23.3. The first kappa shape index (κ1) is 28.5. The molecule has 0 spiro atoms. The van der Waals surface area contributed by atoms with Crippen molar-refractivity contribution in [3.8, 4) is 22.4 Å². The molecule has 6 rings (SSSR count). The summed E-state index contributed by atoms with van der Waals surface area (Å²) < 4.78 is 63.2. The molecule has 2 aromatic carbocycles. The van der Waals surface area contributed by atoms with Gasteiger partial charge in [0.1, 0.15) is 11.5 Å². The fourth-order valence-electron chi connectivity index (χ4n) is 5.18. The molecule has 0 bridgehead atoms. The Labute approximate surface area is 244 Å². The number of alkyl halides is 3. The minimum absolute atomic E-state index is 0.0111. The highest BCUT2D eigenvalue weighted by molar-refractivity contribution is 5.92. The minimum atomic E-state index is -4.58. The minimum Gasteiger partial charge on any atom is -0.379 e. The van der Waals surface area contributed by atoms with Crippen LogP contribution in [0.5, 0.6) is 0 Å². The van der Waals surface area contributed by atoms with Gasteiger partial charge in [0.2, 0.25) is 5.91 Å². The first-order valence-corrected chi connectivity index (χ1v) is 13.7. The van der Waals surface area contributed by atoms with Gasteiger partial charge in [0, 0.05) is 49.5 Å². The largest absolute Gasteiger partial charge is 0.416 e. The van der Waals surface area contributed by atoms with E-state index in [9.17, 15) is 18.0 Å². The van der Waals surface area contributed by atoms with Gasteiger partial charge in [-0.2, -0.15) is 13.2 Å². The molecule has 1 N–H and O–H groups in total. The van der Waals surface area contributed by atoms with Crippen LogP contribution in [0.4, 0.5) is 23.2 Å². The summed E-state index contributed by atoms with van der Waals surface area (Å²) >= 11 is 0. The maximum atomic E-state index is 15.2. The number of amides is 1. The number of halogens is 4. The molecule has 0 aliphatic carbocycles. The quantitative estimate of drug-likeness (QED) is 0.228. The van der Waals surface area contributed by atoms with E-state index in [4.69, 9.17) is 4.74 Å². The molecule has 43 heavy (non-hydrogen) atoms. The number of carbonyl (C=O) groups is 1. The average molecular weight is 590 g/mol. The zero-order chi connectivity index (χ0) is 30.0. The Hall–Kier alpha value is -4.61. The maximum absolute atomic E-state index is 15.2. The normalized spacial score (nSPS) is 14.2. The molecule has 0 unspecified atom stereocenters. The third kappa shape index (κ3) is 6.58. The van der Waals surface area contributed by atoms with Gasteiger partial charge in [-0.05, 0) is 70.8 Å². The third-order valence-corrected chi connectivity index (χ3v) is 7.34. The van der Waals surface area contributed by atoms with Crippen LogP contribution in [0, 0.1) is 5.82 Å². The van der Waals surface area contributed by atoms with E-state index in [2.05, 4.69) is 15.3 Å². The lowest BCUT2D eigenvalue weighted by molar-refractivity contribution is -0.137. The number of nitrogens with one attached hydrogen (secondary N) is 1. The van der Waals surface area contributed by atoms with Crippen molar-refractivity contribution >= 4 is 17.2 Å². The summed E-state index contributed by atoms with van der Waals surface area (Å²) in [7, 11) is 0. The summed E-state index contributed by atoms with van der Waals surface area (Å²) in [6, 6.07) is 15.7. The van der Waals surface area contributed by atoms with Gasteiger partial charge in [0.25, 0.3) is 0 Å². The van der Waals surface area contributed by atoms with Crippen molar-refractivity contribution in [2.75, 3.05) is 31.6 Å². The zero-order valence-corrected chi connectivity index (χ0v) is 22.9. The van der Waals surface area contributed by atoms with Gasteiger partial charge in [0.15, 0.2) is 0 Å². The van der Waals surface area contributed by atoms with Crippen LogP contribution in [0.1, 0.15) is 16.7 Å². The van der Waals surface area contributed by atoms with Crippen molar-refractivity contribution in [1.82, 2.24) is 19.3 Å². The number of nitrogens with zero attached hydrogens (tertiary/aromatic N) is 4. The van der Waals surface area contributed by atoms with Crippen LogP contribution >= 0.6 is 0 Å². The lowest BCUT2D eigenvalue weighted by Crippen LogP contribution is -2.35. The van der Waals surface area contributed by atoms with E-state index in [-0.39, 0.29) is 17.7 Å². The van der Waals surface area contributed by atoms with Crippen molar-refractivity contribution in [1.29, 1.82) is 0 Å². The lowest BCUT2D eigenvalue weighted by atomic mass is 10.0. The highest BCUT2D eigenvalue weighted by Gasteiger charge is 2.31. The van der Waals surface area contributed by atoms with Crippen LogP contribution in [0.25, 0.3) is 28.0 Å². The van der Waals surface area contributed by atoms with Crippen LogP contribution in [0.3, 0.4) is 0 Å². The summed E-state index contributed by atoms with van der Waals surface area (Å²) in [5, 5.41) is 2.53. The predicted molar refractivity (Wildman–Crippen MR) is 154 cm³/mol. The van der Waals surface area contributed by atoms with E-state index >= 15 is 4.39 Å². The van der Waals surface area contributed by atoms with E-state index < -0.39 is 23.5 Å². The number of morpholine rings is 1. The molecule has 3 aromatic heterocycles. The molecular formula is C32H27F4N5O2. The molecule has 220 valence electrons. The third-order valence-electron chi connectivity index (χ3n) is 7.34. The monoisotopic (exact) mass is 589 g/mol. The molecular weight excluding hydrogens is 562 g/mol. The number of imidazole rings is 1. The molecule has 0 atom stereocenters. The number of hydrogen-bond donors (Lipinski definition) is 1. The number of hydrogen-bond acceptors (Lipinski definition) is 5. The Balaban J connectivity index is 1.18. The predicted octanol–water partition coefficient (Wildman–Crippen LogP) is 6.23. The standard InChI is InChI=1S/C32H27F4N5O2/c33-28-15-25(29-19-38-30-16-23(5-8-41(29)30)22-3-6-37-7-4-22)2-1-24(28)17-31(42)39-27-14-21(13-26(18-27)32(34,35)36)20-40-9-11-43-12-10-40/h1-8,13-16,18-19H,9-12,17,20H2,(H,39,42). The number of carbonyl (C=O) groups excluding carboxylic acids is 1. The number of ether oxygens (including phenoxy) is 1. The Bertz CT molecular complexity index is 1770. The van der Waals surface area contributed by atoms with E-state index in [0.717, 1.165) is 23.3 Å². The van der Waals surface area contributed by atoms with Crippen LogP contribution in [-0.2, 0) is 28.7 Å². The molecule has 0 radical (unpaired) electrons. The lowest BCUT2D eigenvalue weighted by Gasteiger charge is -2.27. The van der Waals surface area contributed by atoms with Gasteiger partial charge in [-0.3, -0.25) is 19.1 Å². The second-order valence-electron chi connectivity index (χ2n) is 10.4. The number of benzene rings is 2. The highest BCUT2D eigenvalue weighted by Crippen LogP contribution is 2.33. The number of aromatic nitrogens is 3. The zero-order valence-electron chi connectivity index (χ0n) is 22.9. The Morgan fingerprint density at radius 1 is 0.930 bits per heavy atom. The Kier molecular flexibility index (Phi) is 7.92. The van der Waals surface area contributed by atoms with Crippen LogP contribution in [-0.4, -0.2) is 51.5 Å². The van der Waals surface area contributed by atoms with Crippen LogP contribution in [0.15, 0.2) is 85.5 Å².